The molecule has 0 saturated carbocycles. The van der Waals surface area contributed by atoms with Gasteiger partial charge in [0.05, 0.1) is 0 Å². The lowest BCUT2D eigenvalue weighted by Gasteiger charge is -2.07. The van der Waals surface area contributed by atoms with Crippen LogP contribution in [-0.2, 0) is 11.2 Å². The van der Waals surface area contributed by atoms with Gasteiger partial charge in [0.1, 0.15) is 0 Å². The number of aryl methyl sites for hydroxylation is 1. The highest BCUT2D eigenvalue weighted by Gasteiger charge is 2.09. The van der Waals surface area contributed by atoms with Gasteiger partial charge in [-0.1, -0.05) is 45.0 Å². The molecular weight excluding hydrogens is 272 g/mol. The van der Waals surface area contributed by atoms with E-state index in [9.17, 15) is 4.79 Å². The van der Waals surface area contributed by atoms with Crippen molar-refractivity contribution in [3.8, 4) is 0 Å². The number of anilines is 1. The number of benzene rings is 2. The van der Waals surface area contributed by atoms with Gasteiger partial charge in [-0.15, -0.1) is 0 Å². The third kappa shape index (κ3) is 2.71. The lowest BCUT2D eigenvalue weighted by Crippen LogP contribution is -2.13. The van der Waals surface area contributed by atoms with Crippen LogP contribution in [0.15, 0.2) is 36.4 Å². The van der Waals surface area contributed by atoms with E-state index in [1.807, 2.05) is 26.0 Å². The summed E-state index contributed by atoms with van der Waals surface area (Å²) in [6, 6.07) is 12.5. The van der Waals surface area contributed by atoms with Gasteiger partial charge in [-0.3, -0.25) is 4.79 Å². The molecule has 0 bridgehead atoms. The molecule has 0 saturated heterocycles. The zero-order chi connectivity index (χ0) is 15.7. The maximum atomic E-state index is 11.9. The molecule has 1 heterocycles. The number of carbonyl (C=O) groups excluding carboxylic acids is 1. The third-order valence-electron chi connectivity index (χ3n) is 3.98. The van der Waals surface area contributed by atoms with Crippen molar-refractivity contribution in [2.75, 3.05) is 5.32 Å². The van der Waals surface area contributed by atoms with E-state index in [4.69, 9.17) is 0 Å². The van der Waals surface area contributed by atoms with Crippen LogP contribution in [0.2, 0.25) is 0 Å². The number of para-hydroxylation sites is 1. The SMILES string of the molecule is CCc1cccc2c1[nH]c1cc(NC(=O)CC(C)C)ccc12. The minimum absolute atomic E-state index is 0.0692. The van der Waals surface area contributed by atoms with Crippen LogP contribution < -0.4 is 5.32 Å². The van der Waals surface area contributed by atoms with Gasteiger partial charge >= 0.3 is 0 Å². The van der Waals surface area contributed by atoms with E-state index in [0.29, 0.717) is 12.3 Å². The molecule has 1 aromatic heterocycles. The standard InChI is InChI=1S/C19H22N2O/c1-4-13-6-5-7-16-15-9-8-14(11-17(15)21-19(13)16)20-18(22)10-12(2)3/h5-9,11-12,21H,4,10H2,1-3H3,(H,20,22). The van der Waals surface area contributed by atoms with Crippen LogP contribution in [-0.4, -0.2) is 10.9 Å². The first-order chi connectivity index (χ1) is 10.6. The Bertz CT molecular complexity index is 830. The molecule has 3 heteroatoms. The monoisotopic (exact) mass is 294 g/mol. The van der Waals surface area contributed by atoms with Crippen LogP contribution in [0, 0.1) is 5.92 Å². The molecule has 22 heavy (non-hydrogen) atoms. The zero-order valence-corrected chi connectivity index (χ0v) is 13.4. The van der Waals surface area contributed by atoms with Crippen LogP contribution >= 0.6 is 0 Å². The van der Waals surface area contributed by atoms with Gasteiger partial charge in [0.25, 0.3) is 0 Å². The first kappa shape index (κ1) is 14.6. The Hall–Kier alpha value is -2.29. The van der Waals surface area contributed by atoms with Crippen LogP contribution in [0.1, 0.15) is 32.8 Å². The summed E-state index contributed by atoms with van der Waals surface area (Å²) in [5.41, 5.74) is 4.44. The third-order valence-corrected chi connectivity index (χ3v) is 3.98. The Labute approximate surface area is 130 Å². The number of nitrogens with one attached hydrogen (secondary N) is 2. The van der Waals surface area contributed by atoms with Crippen LogP contribution in [0.25, 0.3) is 21.8 Å². The van der Waals surface area contributed by atoms with Crippen molar-refractivity contribution in [3.63, 3.8) is 0 Å². The second-order valence-corrected chi connectivity index (χ2v) is 6.22. The number of carbonyl (C=O) groups is 1. The largest absolute Gasteiger partial charge is 0.354 e. The summed E-state index contributed by atoms with van der Waals surface area (Å²) in [5, 5.41) is 5.43. The fourth-order valence-electron chi connectivity index (χ4n) is 2.94. The van der Waals surface area contributed by atoms with Crippen molar-refractivity contribution in [3.05, 3.63) is 42.0 Å². The van der Waals surface area contributed by atoms with Crippen molar-refractivity contribution >= 4 is 33.4 Å². The Balaban J connectivity index is 2.00. The normalized spacial score (nSPS) is 11.5. The van der Waals surface area contributed by atoms with E-state index in [1.54, 1.807) is 0 Å². The summed E-state index contributed by atoms with van der Waals surface area (Å²) in [6.07, 6.45) is 1.55. The Morgan fingerprint density at radius 1 is 1.18 bits per heavy atom. The molecule has 3 aromatic rings. The predicted molar refractivity (Wildman–Crippen MR) is 93.3 cm³/mol. The quantitative estimate of drug-likeness (QED) is 0.708. The molecule has 0 fully saturated rings. The second kappa shape index (κ2) is 5.84. The Morgan fingerprint density at radius 2 is 2.00 bits per heavy atom. The highest BCUT2D eigenvalue weighted by molar-refractivity contribution is 6.09. The second-order valence-electron chi connectivity index (χ2n) is 6.22. The minimum atomic E-state index is 0.0692. The molecule has 0 unspecified atom stereocenters. The summed E-state index contributed by atoms with van der Waals surface area (Å²) in [5.74, 6) is 0.434. The van der Waals surface area contributed by atoms with E-state index in [1.165, 1.54) is 21.9 Å². The molecule has 2 N–H and O–H groups in total. The molecule has 0 spiro atoms. The first-order valence-corrected chi connectivity index (χ1v) is 7.91. The molecule has 0 aliphatic heterocycles. The molecule has 3 rings (SSSR count). The van der Waals surface area contributed by atoms with Gasteiger partial charge in [0.2, 0.25) is 5.91 Å². The van der Waals surface area contributed by atoms with Crippen LogP contribution in [0.3, 0.4) is 0 Å². The Kier molecular flexibility index (Phi) is 3.88. The zero-order valence-electron chi connectivity index (χ0n) is 13.4. The molecule has 0 aliphatic carbocycles. The molecule has 3 nitrogen and oxygen atoms in total. The molecule has 114 valence electrons. The van der Waals surface area contributed by atoms with Crippen molar-refractivity contribution in [2.24, 2.45) is 5.92 Å². The lowest BCUT2D eigenvalue weighted by molar-refractivity contribution is -0.116. The molecule has 0 aliphatic rings. The number of aromatic amines is 1. The molecule has 0 atom stereocenters. The topological polar surface area (TPSA) is 44.9 Å². The summed E-state index contributed by atoms with van der Waals surface area (Å²) in [7, 11) is 0. The molecule has 1 amide bonds. The highest BCUT2D eigenvalue weighted by Crippen LogP contribution is 2.29. The summed E-state index contributed by atoms with van der Waals surface area (Å²) >= 11 is 0. The number of hydrogen-bond acceptors (Lipinski definition) is 1. The maximum absolute atomic E-state index is 11.9. The summed E-state index contributed by atoms with van der Waals surface area (Å²) in [6.45, 7) is 6.26. The molecule has 2 aromatic carbocycles. The minimum Gasteiger partial charge on any atom is -0.354 e. The predicted octanol–water partition coefficient (Wildman–Crippen LogP) is 4.87. The molecule has 0 radical (unpaired) electrons. The fourth-order valence-corrected chi connectivity index (χ4v) is 2.94. The van der Waals surface area contributed by atoms with E-state index in [-0.39, 0.29) is 5.91 Å². The number of hydrogen-bond donors (Lipinski definition) is 2. The van der Waals surface area contributed by atoms with Gasteiger partial charge in [0.15, 0.2) is 0 Å². The number of H-pyrrole nitrogens is 1. The van der Waals surface area contributed by atoms with Crippen molar-refractivity contribution in [1.82, 2.24) is 4.98 Å². The number of amides is 1. The average Bonchev–Trinajstić information content (AvgIpc) is 2.83. The Morgan fingerprint density at radius 3 is 2.73 bits per heavy atom. The van der Waals surface area contributed by atoms with Gasteiger partial charge < -0.3 is 10.3 Å². The first-order valence-electron chi connectivity index (χ1n) is 7.91. The maximum Gasteiger partial charge on any atom is 0.224 e. The van der Waals surface area contributed by atoms with E-state index in [2.05, 4.69) is 41.5 Å². The van der Waals surface area contributed by atoms with Crippen molar-refractivity contribution in [1.29, 1.82) is 0 Å². The van der Waals surface area contributed by atoms with Crippen LogP contribution in [0.5, 0.6) is 0 Å². The average molecular weight is 294 g/mol. The van der Waals surface area contributed by atoms with Crippen LogP contribution in [0.4, 0.5) is 5.69 Å². The van der Waals surface area contributed by atoms with E-state index < -0.39 is 0 Å². The smallest absolute Gasteiger partial charge is 0.224 e. The molecular formula is C19H22N2O. The lowest BCUT2D eigenvalue weighted by atomic mass is 10.1. The van der Waals surface area contributed by atoms with E-state index in [0.717, 1.165) is 17.6 Å². The fraction of sp³-hybridized carbons (Fsp3) is 0.316. The van der Waals surface area contributed by atoms with Crippen molar-refractivity contribution in [2.45, 2.75) is 33.6 Å². The van der Waals surface area contributed by atoms with Gasteiger partial charge in [-0.25, -0.2) is 0 Å². The van der Waals surface area contributed by atoms with Gasteiger partial charge in [0, 0.05) is 33.9 Å². The summed E-state index contributed by atoms with van der Waals surface area (Å²) < 4.78 is 0. The van der Waals surface area contributed by atoms with E-state index >= 15 is 0 Å². The summed E-state index contributed by atoms with van der Waals surface area (Å²) in [4.78, 5) is 15.4. The number of rotatable bonds is 4. The van der Waals surface area contributed by atoms with Gasteiger partial charge in [-0.2, -0.15) is 0 Å². The van der Waals surface area contributed by atoms with Crippen molar-refractivity contribution < 1.29 is 4.79 Å². The highest BCUT2D eigenvalue weighted by atomic mass is 16.1. The number of aromatic nitrogens is 1. The number of fused-ring (bicyclic) bond motifs is 3. The van der Waals surface area contributed by atoms with Gasteiger partial charge in [-0.05, 0) is 30.0 Å².